The second-order valence-electron chi connectivity index (χ2n) is 6.33. The van der Waals surface area contributed by atoms with Gasteiger partial charge in [-0.1, -0.05) is 60.2 Å². The average molecular weight is 336 g/mol. The van der Waals surface area contributed by atoms with Crippen LogP contribution in [-0.2, 0) is 0 Å². The van der Waals surface area contributed by atoms with Gasteiger partial charge in [0.15, 0.2) is 11.3 Å². The predicted molar refractivity (Wildman–Crippen MR) is 104 cm³/mol. The third-order valence-corrected chi connectivity index (χ3v) is 4.49. The van der Waals surface area contributed by atoms with E-state index in [-0.39, 0.29) is 0 Å². The van der Waals surface area contributed by atoms with E-state index in [1.165, 1.54) is 5.56 Å². The molecule has 0 radical (unpaired) electrons. The first-order valence-electron chi connectivity index (χ1n) is 8.57. The van der Waals surface area contributed by atoms with Gasteiger partial charge in [0.25, 0.3) is 0 Å². The number of imidazole rings is 1. The second kappa shape index (κ2) is 5.77. The molecule has 0 aliphatic rings. The highest BCUT2D eigenvalue weighted by Crippen LogP contribution is 2.28. The summed E-state index contributed by atoms with van der Waals surface area (Å²) in [6, 6.07) is 26.5. The lowest BCUT2D eigenvalue weighted by Crippen LogP contribution is -1.99. The zero-order valence-corrected chi connectivity index (χ0v) is 14.3. The molecule has 0 bridgehead atoms. The van der Waals surface area contributed by atoms with Crippen molar-refractivity contribution in [1.82, 2.24) is 19.5 Å². The molecule has 2 heterocycles. The summed E-state index contributed by atoms with van der Waals surface area (Å²) in [4.78, 5) is 14.4. The Morgan fingerprint density at radius 3 is 2.04 bits per heavy atom. The van der Waals surface area contributed by atoms with E-state index < -0.39 is 0 Å². The van der Waals surface area contributed by atoms with Crippen molar-refractivity contribution in [3.05, 3.63) is 84.4 Å². The minimum Gasteiger partial charge on any atom is -0.275 e. The number of nitrogens with zero attached hydrogens (tertiary/aromatic N) is 4. The van der Waals surface area contributed by atoms with E-state index in [2.05, 4.69) is 47.9 Å². The molecule has 4 nitrogen and oxygen atoms in total. The molecule has 2 aromatic heterocycles. The fourth-order valence-corrected chi connectivity index (χ4v) is 3.18. The van der Waals surface area contributed by atoms with Crippen LogP contribution in [0.25, 0.3) is 39.4 Å². The maximum atomic E-state index is 4.86. The van der Waals surface area contributed by atoms with Crippen molar-refractivity contribution < 1.29 is 0 Å². The third kappa shape index (κ3) is 2.35. The first-order chi connectivity index (χ1) is 12.8. The Morgan fingerprint density at radius 1 is 0.654 bits per heavy atom. The van der Waals surface area contributed by atoms with Gasteiger partial charge in [0, 0.05) is 11.3 Å². The molecular formula is C22H16N4. The van der Waals surface area contributed by atoms with Gasteiger partial charge in [-0.05, 0) is 31.2 Å². The molecule has 0 atom stereocenters. The second-order valence-corrected chi connectivity index (χ2v) is 6.33. The van der Waals surface area contributed by atoms with Crippen LogP contribution in [0, 0.1) is 6.92 Å². The summed E-state index contributed by atoms with van der Waals surface area (Å²) in [6.45, 7) is 2.08. The highest BCUT2D eigenvalue weighted by atomic mass is 15.2. The van der Waals surface area contributed by atoms with Gasteiger partial charge >= 0.3 is 0 Å². The van der Waals surface area contributed by atoms with Crippen molar-refractivity contribution in [3.63, 3.8) is 0 Å². The van der Waals surface area contributed by atoms with Crippen molar-refractivity contribution >= 4 is 22.3 Å². The number of aryl methyl sites for hydroxylation is 1. The van der Waals surface area contributed by atoms with E-state index in [1.54, 1.807) is 0 Å². The molecule has 3 aromatic carbocycles. The van der Waals surface area contributed by atoms with Crippen LogP contribution in [0.5, 0.6) is 0 Å². The molecule has 5 rings (SSSR count). The quantitative estimate of drug-likeness (QED) is 0.458. The lowest BCUT2D eigenvalue weighted by Gasteiger charge is -2.09. The summed E-state index contributed by atoms with van der Waals surface area (Å²) < 4.78 is 2.09. The molecule has 0 unspecified atom stereocenters. The first kappa shape index (κ1) is 14.8. The van der Waals surface area contributed by atoms with Crippen molar-refractivity contribution in [2.45, 2.75) is 6.92 Å². The van der Waals surface area contributed by atoms with Crippen LogP contribution in [0.15, 0.2) is 78.9 Å². The Bertz CT molecular complexity index is 1220. The van der Waals surface area contributed by atoms with Crippen molar-refractivity contribution in [2.24, 2.45) is 0 Å². The molecule has 5 aromatic rings. The van der Waals surface area contributed by atoms with E-state index in [9.17, 15) is 0 Å². The van der Waals surface area contributed by atoms with E-state index >= 15 is 0 Å². The monoisotopic (exact) mass is 336 g/mol. The summed E-state index contributed by atoms with van der Waals surface area (Å²) >= 11 is 0. The smallest absolute Gasteiger partial charge is 0.199 e. The van der Waals surface area contributed by atoms with Crippen LogP contribution in [0.2, 0.25) is 0 Å². The first-order valence-corrected chi connectivity index (χ1v) is 8.57. The number of fused-ring (bicyclic) bond motifs is 2. The number of hydrogen-bond acceptors (Lipinski definition) is 3. The van der Waals surface area contributed by atoms with Crippen LogP contribution < -0.4 is 0 Å². The molecule has 4 heteroatoms. The Labute approximate surface area is 150 Å². The molecule has 0 fully saturated rings. The van der Waals surface area contributed by atoms with E-state index in [0.717, 1.165) is 33.8 Å². The molecule has 0 aliphatic heterocycles. The average Bonchev–Trinajstić information content (AvgIpc) is 3.06. The van der Waals surface area contributed by atoms with Crippen LogP contribution in [0.4, 0.5) is 0 Å². The van der Waals surface area contributed by atoms with Crippen LogP contribution in [0.3, 0.4) is 0 Å². The summed E-state index contributed by atoms with van der Waals surface area (Å²) in [6.07, 6.45) is 0. The van der Waals surface area contributed by atoms with Gasteiger partial charge in [0.05, 0.1) is 11.0 Å². The van der Waals surface area contributed by atoms with Crippen molar-refractivity contribution in [1.29, 1.82) is 0 Å². The van der Waals surface area contributed by atoms with E-state index in [1.807, 2.05) is 42.5 Å². The molecule has 0 amide bonds. The molecule has 124 valence electrons. The molecule has 0 spiro atoms. The minimum absolute atomic E-state index is 0.656. The number of hydrogen-bond donors (Lipinski definition) is 0. The highest BCUT2D eigenvalue weighted by molar-refractivity contribution is 5.86. The van der Waals surface area contributed by atoms with Crippen molar-refractivity contribution in [2.75, 3.05) is 0 Å². The van der Waals surface area contributed by atoms with Gasteiger partial charge in [-0.25, -0.2) is 15.0 Å². The van der Waals surface area contributed by atoms with Crippen LogP contribution in [0.1, 0.15) is 5.56 Å². The van der Waals surface area contributed by atoms with E-state index in [4.69, 9.17) is 15.0 Å². The number of aromatic nitrogens is 4. The third-order valence-electron chi connectivity index (χ3n) is 4.49. The molecule has 0 N–H and O–H groups in total. The lowest BCUT2D eigenvalue weighted by molar-refractivity contribution is 1.08. The van der Waals surface area contributed by atoms with E-state index in [0.29, 0.717) is 5.65 Å². The fraction of sp³-hybridized carbons (Fsp3) is 0.0455. The van der Waals surface area contributed by atoms with Gasteiger partial charge < -0.3 is 0 Å². The SMILES string of the molecule is Cc1ccc(-n2c(-c3ccccc3)nc3nc4ccccc4nc32)cc1. The lowest BCUT2D eigenvalue weighted by atomic mass is 10.2. The van der Waals surface area contributed by atoms with Gasteiger partial charge in [-0.2, -0.15) is 0 Å². The highest BCUT2D eigenvalue weighted by Gasteiger charge is 2.17. The maximum Gasteiger partial charge on any atom is 0.199 e. The normalized spacial score (nSPS) is 11.3. The Hall–Kier alpha value is -3.53. The topological polar surface area (TPSA) is 43.6 Å². The summed E-state index contributed by atoms with van der Waals surface area (Å²) in [5.74, 6) is 0.847. The molecule has 0 saturated carbocycles. The Morgan fingerprint density at radius 2 is 1.31 bits per heavy atom. The fourth-order valence-electron chi connectivity index (χ4n) is 3.18. The molecule has 0 saturated heterocycles. The summed E-state index contributed by atoms with van der Waals surface area (Å²) in [5.41, 5.74) is 6.44. The van der Waals surface area contributed by atoms with Gasteiger partial charge in [-0.3, -0.25) is 4.57 Å². The standard InChI is InChI=1S/C22H16N4/c1-15-11-13-17(14-12-15)26-21(16-7-3-2-4-8-16)25-20-22(26)24-19-10-6-5-9-18(19)23-20/h2-14H,1H3. The van der Waals surface area contributed by atoms with Crippen LogP contribution in [-0.4, -0.2) is 19.5 Å². The van der Waals surface area contributed by atoms with Gasteiger partial charge in [0.1, 0.15) is 5.82 Å². The molecule has 26 heavy (non-hydrogen) atoms. The molecular weight excluding hydrogens is 320 g/mol. The predicted octanol–water partition coefficient (Wildman–Crippen LogP) is 4.94. The maximum absolute atomic E-state index is 4.86. The summed E-state index contributed by atoms with van der Waals surface area (Å²) in [5, 5.41) is 0. The number of benzene rings is 3. The minimum atomic E-state index is 0.656. The zero-order valence-electron chi connectivity index (χ0n) is 14.3. The zero-order chi connectivity index (χ0) is 17.5. The van der Waals surface area contributed by atoms with Gasteiger partial charge in [0.2, 0.25) is 0 Å². The summed E-state index contributed by atoms with van der Waals surface area (Å²) in [7, 11) is 0. The Kier molecular flexibility index (Phi) is 3.28. The number of para-hydroxylation sites is 2. The largest absolute Gasteiger partial charge is 0.275 e. The van der Waals surface area contributed by atoms with Gasteiger partial charge in [-0.15, -0.1) is 0 Å². The molecule has 0 aliphatic carbocycles. The van der Waals surface area contributed by atoms with Crippen LogP contribution >= 0.6 is 0 Å². The van der Waals surface area contributed by atoms with Crippen molar-refractivity contribution in [3.8, 4) is 17.1 Å². The number of rotatable bonds is 2. The Balaban J connectivity index is 1.88.